The fourth-order valence-corrected chi connectivity index (χ4v) is 3.38. The van der Waals surface area contributed by atoms with E-state index in [9.17, 15) is 0 Å². The van der Waals surface area contributed by atoms with Crippen molar-refractivity contribution in [3.8, 4) is 11.1 Å². The van der Waals surface area contributed by atoms with Gasteiger partial charge in [-0.05, 0) is 48.2 Å². The third-order valence-corrected chi connectivity index (χ3v) is 4.39. The summed E-state index contributed by atoms with van der Waals surface area (Å²) in [5.41, 5.74) is 5.32. The topological polar surface area (TPSA) is 21.3 Å². The zero-order valence-electron chi connectivity index (χ0n) is 11.5. The Bertz CT molecular complexity index is 571. The molecule has 2 aromatic carbocycles. The summed E-state index contributed by atoms with van der Waals surface area (Å²) < 4.78 is 6.47. The predicted molar refractivity (Wildman–Crippen MR) is 80.7 cm³/mol. The number of piperidine rings is 1. The molecule has 2 nitrogen and oxygen atoms in total. The minimum atomic E-state index is 0.116. The molecule has 0 saturated carbocycles. The molecule has 2 aliphatic rings. The molecule has 2 heteroatoms. The summed E-state index contributed by atoms with van der Waals surface area (Å²) in [5.74, 6) is 0. The first-order valence-electron chi connectivity index (χ1n) is 7.48. The van der Waals surface area contributed by atoms with E-state index in [1.165, 1.54) is 22.3 Å². The summed E-state index contributed by atoms with van der Waals surface area (Å²) >= 11 is 0. The minimum absolute atomic E-state index is 0.116. The molecule has 0 amide bonds. The van der Waals surface area contributed by atoms with Gasteiger partial charge in [-0.25, -0.2) is 0 Å². The number of rotatable bonds is 2. The van der Waals surface area contributed by atoms with Gasteiger partial charge in [-0.3, -0.25) is 0 Å². The molecular formula is C18H19NO. The summed E-state index contributed by atoms with van der Waals surface area (Å²) in [5, 5.41) is 3.40. The molecule has 2 aromatic rings. The van der Waals surface area contributed by atoms with E-state index in [-0.39, 0.29) is 6.10 Å². The van der Waals surface area contributed by atoms with Crippen LogP contribution in [0.1, 0.15) is 30.1 Å². The Hall–Kier alpha value is -1.64. The smallest absolute Gasteiger partial charge is 0.109 e. The van der Waals surface area contributed by atoms with E-state index < -0.39 is 0 Å². The average Bonchev–Trinajstić information content (AvgIpc) is 2.84. The first-order valence-corrected chi connectivity index (χ1v) is 7.48. The number of ether oxygens (including phenoxy) is 1. The largest absolute Gasteiger partial charge is 0.365 e. The van der Waals surface area contributed by atoms with Gasteiger partial charge in [0.15, 0.2) is 0 Å². The second kappa shape index (κ2) is 5.04. The molecule has 0 unspecified atom stereocenters. The molecule has 1 aliphatic heterocycles. The van der Waals surface area contributed by atoms with Crippen LogP contribution < -0.4 is 5.32 Å². The second-order valence-electron chi connectivity index (χ2n) is 5.64. The van der Waals surface area contributed by atoms with Gasteiger partial charge >= 0.3 is 0 Å². The first kappa shape index (κ1) is 12.1. The van der Waals surface area contributed by atoms with Crippen molar-refractivity contribution in [2.24, 2.45) is 0 Å². The highest BCUT2D eigenvalue weighted by Gasteiger charge is 2.31. The zero-order valence-corrected chi connectivity index (χ0v) is 11.5. The van der Waals surface area contributed by atoms with Gasteiger partial charge in [0.1, 0.15) is 6.10 Å². The SMILES string of the molecule is c1ccc2c(c1)-c1ccccc1C2OC1CCNCC1. The van der Waals surface area contributed by atoms with Gasteiger partial charge in [-0.15, -0.1) is 0 Å². The highest BCUT2D eigenvalue weighted by Crippen LogP contribution is 2.45. The van der Waals surface area contributed by atoms with Crippen molar-refractivity contribution in [1.82, 2.24) is 5.32 Å². The van der Waals surface area contributed by atoms with Crippen LogP contribution in [-0.4, -0.2) is 19.2 Å². The summed E-state index contributed by atoms with van der Waals surface area (Å²) in [6, 6.07) is 17.3. The Labute approximate surface area is 119 Å². The lowest BCUT2D eigenvalue weighted by Gasteiger charge is -2.27. The van der Waals surface area contributed by atoms with Crippen LogP contribution in [0.2, 0.25) is 0 Å². The zero-order chi connectivity index (χ0) is 13.4. The lowest BCUT2D eigenvalue weighted by atomic mass is 10.1. The van der Waals surface area contributed by atoms with Crippen LogP contribution in [0.25, 0.3) is 11.1 Å². The molecule has 20 heavy (non-hydrogen) atoms. The van der Waals surface area contributed by atoms with E-state index in [4.69, 9.17) is 4.74 Å². The molecule has 0 atom stereocenters. The number of nitrogens with one attached hydrogen (secondary N) is 1. The van der Waals surface area contributed by atoms with Gasteiger partial charge < -0.3 is 10.1 Å². The number of hydrogen-bond acceptors (Lipinski definition) is 2. The number of hydrogen-bond donors (Lipinski definition) is 1. The molecule has 0 spiro atoms. The van der Waals surface area contributed by atoms with Crippen molar-refractivity contribution in [2.75, 3.05) is 13.1 Å². The summed E-state index contributed by atoms with van der Waals surface area (Å²) in [7, 11) is 0. The summed E-state index contributed by atoms with van der Waals surface area (Å²) in [4.78, 5) is 0. The van der Waals surface area contributed by atoms with Crippen molar-refractivity contribution in [2.45, 2.75) is 25.0 Å². The van der Waals surface area contributed by atoms with Gasteiger partial charge in [0.25, 0.3) is 0 Å². The van der Waals surface area contributed by atoms with E-state index in [2.05, 4.69) is 53.8 Å². The van der Waals surface area contributed by atoms with Gasteiger partial charge in [0, 0.05) is 0 Å². The molecular weight excluding hydrogens is 246 g/mol. The quantitative estimate of drug-likeness (QED) is 0.897. The van der Waals surface area contributed by atoms with E-state index in [1.807, 2.05) is 0 Å². The summed E-state index contributed by atoms with van der Waals surface area (Å²) in [6.45, 7) is 2.14. The monoisotopic (exact) mass is 265 g/mol. The van der Waals surface area contributed by atoms with Crippen molar-refractivity contribution < 1.29 is 4.74 Å². The number of fused-ring (bicyclic) bond motifs is 3. The van der Waals surface area contributed by atoms with Gasteiger partial charge in [0.05, 0.1) is 6.10 Å². The van der Waals surface area contributed by atoms with Gasteiger partial charge in [0.2, 0.25) is 0 Å². The summed E-state index contributed by atoms with van der Waals surface area (Å²) in [6.07, 6.45) is 2.72. The highest BCUT2D eigenvalue weighted by atomic mass is 16.5. The van der Waals surface area contributed by atoms with E-state index in [1.54, 1.807) is 0 Å². The molecule has 1 saturated heterocycles. The van der Waals surface area contributed by atoms with Gasteiger partial charge in [-0.2, -0.15) is 0 Å². The van der Waals surface area contributed by atoms with Crippen LogP contribution in [0.4, 0.5) is 0 Å². The van der Waals surface area contributed by atoms with E-state index >= 15 is 0 Å². The molecule has 0 aromatic heterocycles. The minimum Gasteiger partial charge on any atom is -0.365 e. The number of benzene rings is 2. The van der Waals surface area contributed by atoms with Crippen LogP contribution in [-0.2, 0) is 4.74 Å². The molecule has 1 heterocycles. The highest BCUT2D eigenvalue weighted by molar-refractivity contribution is 5.78. The second-order valence-corrected chi connectivity index (χ2v) is 5.64. The van der Waals surface area contributed by atoms with Crippen LogP contribution in [0.3, 0.4) is 0 Å². The maximum absolute atomic E-state index is 6.47. The van der Waals surface area contributed by atoms with Crippen molar-refractivity contribution in [3.63, 3.8) is 0 Å². The maximum atomic E-state index is 6.47. The third-order valence-electron chi connectivity index (χ3n) is 4.39. The Morgan fingerprint density at radius 3 is 1.95 bits per heavy atom. The van der Waals surface area contributed by atoms with Crippen LogP contribution in [0.5, 0.6) is 0 Å². The van der Waals surface area contributed by atoms with Crippen molar-refractivity contribution >= 4 is 0 Å². The molecule has 4 rings (SSSR count). The molecule has 0 bridgehead atoms. The molecule has 0 radical (unpaired) electrons. The average molecular weight is 265 g/mol. The lowest BCUT2D eigenvalue weighted by Crippen LogP contribution is -2.33. The molecule has 102 valence electrons. The lowest BCUT2D eigenvalue weighted by molar-refractivity contribution is -0.00605. The Balaban J connectivity index is 1.71. The molecule has 1 fully saturated rings. The normalized spacial score (nSPS) is 18.8. The van der Waals surface area contributed by atoms with Crippen molar-refractivity contribution in [3.05, 3.63) is 59.7 Å². The molecule has 1 N–H and O–H groups in total. The first-order chi connectivity index (χ1) is 9.93. The Morgan fingerprint density at radius 2 is 1.35 bits per heavy atom. The standard InChI is InChI=1S/C18H19NO/c1-3-7-16-14(5-1)15-6-2-4-8-17(15)18(16)20-13-9-11-19-12-10-13/h1-8,13,18-19H,9-12H2. The maximum Gasteiger partial charge on any atom is 0.109 e. The van der Waals surface area contributed by atoms with Crippen molar-refractivity contribution in [1.29, 1.82) is 0 Å². The fraction of sp³-hybridized carbons (Fsp3) is 0.333. The van der Waals surface area contributed by atoms with Crippen LogP contribution in [0.15, 0.2) is 48.5 Å². The third kappa shape index (κ3) is 1.96. The molecule has 1 aliphatic carbocycles. The Morgan fingerprint density at radius 1 is 0.800 bits per heavy atom. The Kier molecular flexibility index (Phi) is 3.06. The van der Waals surface area contributed by atoms with E-state index in [0.29, 0.717) is 6.10 Å². The van der Waals surface area contributed by atoms with Crippen LogP contribution in [0, 0.1) is 0 Å². The van der Waals surface area contributed by atoms with Gasteiger partial charge in [-0.1, -0.05) is 48.5 Å². The fourth-order valence-electron chi connectivity index (χ4n) is 3.38. The van der Waals surface area contributed by atoms with E-state index in [0.717, 1.165) is 25.9 Å². The predicted octanol–water partition coefficient (Wildman–Crippen LogP) is 3.53. The van der Waals surface area contributed by atoms with Crippen LogP contribution >= 0.6 is 0 Å².